The summed E-state index contributed by atoms with van der Waals surface area (Å²) >= 11 is 0. The standard InChI is InChI=1S/C21H21N3O5S/c25-20(15-22-21(26)19-6-3-13-29-19)23-9-11-24(12-10-23)30(27,28)18-8-7-16-4-1-2-5-17(16)14-18/h1-8,13-14H,9-12,15H2,(H,22,26). The zero-order valence-electron chi connectivity index (χ0n) is 16.2. The van der Waals surface area contributed by atoms with Gasteiger partial charge in [0.25, 0.3) is 5.91 Å². The lowest BCUT2D eigenvalue weighted by Crippen LogP contribution is -2.52. The van der Waals surface area contributed by atoms with Crippen LogP contribution in [0.3, 0.4) is 0 Å². The molecule has 9 heteroatoms. The molecular formula is C21H21N3O5S. The van der Waals surface area contributed by atoms with Gasteiger partial charge in [-0.3, -0.25) is 9.59 Å². The number of hydrogen-bond donors (Lipinski definition) is 1. The van der Waals surface area contributed by atoms with Gasteiger partial charge in [-0.2, -0.15) is 4.31 Å². The van der Waals surface area contributed by atoms with E-state index in [9.17, 15) is 18.0 Å². The Kier molecular flexibility index (Phi) is 5.56. The van der Waals surface area contributed by atoms with Gasteiger partial charge in [0.15, 0.2) is 5.76 Å². The molecule has 0 bridgehead atoms. The number of furan rings is 1. The molecule has 0 radical (unpaired) electrons. The highest BCUT2D eigenvalue weighted by molar-refractivity contribution is 7.89. The number of amides is 2. The third-order valence-corrected chi connectivity index (χ3v) is 6.99. The Hall–Kier alpha value is -3.17. The summed E-state index contributed by atoms with van der Waals surface area (Å²) in [7, 11) is -3.64. The van der Waals surface area contributed by atoms with Gasteiger partial charge in [0.2, 0.25) is 15.9 Å². The molecule has 2 amide bonds. The Morgan fingerprint density at radius 3 is 2.37 bits per heavy atom. The summed E-state index contributed by atoms with van der Waals surface area (Å²) in [6.45, 7) is 0.765. The highest BCUT2D eigenvalue weighted by Gasteiger charge is 2.30. The number of nitrogens with one attached hydrogen (secondary N) is 1. The van der Waals surface area contributed by atoms with Crippen LogP contribution in [-0.2, 0) is 14.8 Å². The van der Waals surface area contributed by atoms with Crippen molar-refractivity contribution in [3.05, 3.63) is 66.6 Å². The van der Waals surface area contributed by atoms with Crippen LogP contribution >= 0.6 is 0 Å². The van der Waals surface area contributed by atoms with E-state index in [2.05, 4.69) is 5.32 Å². The van der Waals surface area contributed by atoms with E-state index in [1.807, 2.05) is 24.3 Å². The second-order valence-electron chi connectivity index (χ2n) is 6.95. The lowest BCUT2D eigenvalue weighted by atomic mass is 10.1. The number of carbonyl (C=O) groups excluding carboxylic acids is 2. The molecule has 0 spiro atoms. The molecule has 0 unspecified atom stereocenters. The van der Waals surface area contributed by atoms with Gasteiger partial charge in [-0.05, 0) is 35.0 Å². The number of fused-ring (bicyclic) bond motifs is 1. The number of sulfonamides is 1. The van der Waals surface area contributed by atoms with E-state index in [4.69, 9.17) is 4.42 Å². The fourth-order valence-corrected chi connectivity index (χ4v) is 4.88. The zero-order chi connectivity index (χ0) is 21.1. The Balaban J connectivity index is 1.36. The van der Waals surface area contributed by atoms with Crippen molar-refractivity contribution in [3.8, 4) is 0 Å². The summed E-state index contributed by atoms with van der Waals surface area (Å²) in [5.41, 5.74) is 0. The third-order valence-electron chi connectivity index (χ3n) is 5.10. The highest BCUT2D eigenvalue weighted by atomic mass is 32.2. The van der Waals surface area contributed by atoms with Crippen LogP contribution in [0.5, 0.6) is 0 Å². The molecule has 0 atom stereocenters. The number of benzene rings is 2. The lowest BCUT2D eigenvalue weighted by Gasteiger charge is -2.34. The van der Waals surface area contributed by atoms with Crippen LogP contribution in [0.4, 0.5) is 0 Å². The molecule has 0 saturated carbocycles. The van der Waals surface area contributed by atoms with Crippen LogP contribution in [0.1, 0.15) is 10.6 Å². The van der Waals surface area contributed by atoms with Crippen molar-refractivity contribution in [2.45, 2.75) is 4.90 Å². The monoisotopic (exact) mass is 427 g/mol. The van der Waals surface area contributed by atoms with Gasteiger partial charge in [0, 0.05) is 26.2 Å². The molecule has 1 saturated heterocycles. The molecular weight excluding hydrogens is 406 g/mol. The Bertz CT molecular complexity index is 1170. The van der Waals surface area contributed by atoms with Gasteiger partial charge in [-0.15, -0.1) is 0 Å². The maximum Gasteiger partial charge on any atom is 0.287 e. The summed E-state index contributed by atoms with van der Waals surface area (Å²) in [6.07, 6.45) is 1.38. The second kappa shape index (κ2) is 8.29. The number of piperazine rings is 1. The Labute approximate surface area is 174 Å². The zero-order valence-corrected chi connectivity index (χ0v) is 17.0. The molecule has 156 valence electrons. The van der Waals surface area contributed by atoms with Crippen molar-refractivity contribution in [1.82, 2.24) is 14.5 Å². The highest BCUT2D eigenvalue weighted by Crippen LogP contribution is 2.22. The molecule has 1 aliphatic heterocycles. The largest absolute Gasteiger partial charge is 0.459 e. The van der Waals surface area contributed by atoms with Crippen molar-refractivity contribution in [3.63, 3.8) is 0 Å². The van der Waals surface area contributed by atoms with Crippen molar-refractivity contribution >= 4 is 32.6 Å². The number of nitrogens with zero attached hydrogens (tertiary/aromatic N) is 2. The first-order chi connectivity index (χ1) is 14.4. The Morgan fingerprint density at radius 2 is 1.67 bits per heavy atom. The smallest absolute Gasteiger partial charge is 0.287 e. The van der Waals surface area contributed by atoms with Gasteiger partial charge < -0.3 is 14.6 Å². The first-order valence-corrected chi connectivity index (χ1v) is 11.0. The minimum absolute atomic E-state index is 0.133. The summed E-state index contributed by atoms with van der Waals surface area (Å²) in [6, 6.07) is 15.8. The summed E-state index contributed by atoms with van der Waals surface area (Å²) in [4.78, 5) is 26.0. The lowest BCUT2D eigenvalue weighted by molar-refractivity contribution is -0.131. The fraction of sp³-hybridized carbons (Fsp3) is 0.238. The van der Waals surface area contributed by atoms with E-state index < -0.39 is 15.9 Å². The van der Waals surface area contributed by atoms with E-state index in [-0.39, 0.29) is 49.3 Å². The van der Waals surface area contributed by atoms with Gasteiger partial charge in [0.1, 0.15) is 0 Å². The molecule has 1 N–H and O–H groups in total. The third kappa shape index (κ3) is 4.07. The molecule has 3 aromatic rings. The predicted octanol–water partition coefficient (Wildman–Crippen LogP) is 1.70. The normalized spacial score (nSPS) is 15.3. The molecule has 1 aromatic heterocycles. The number of rotatable bonds is 5. The molecule has 0 aliphatic carbocycles. The van der Waals surface area contributed by atoms with Crippen LogP contribution in [0, 0.1) is 0 Å². The first-order valence-electron chi connectivity index (χ1n) is 9.53. The maximum atomic E-state index is 13.0. The van der Waals surface area contributed by atoms with E-state index in [0.29, 0.717) is 0 Å². The van der Waals surface area contributed by atoms with Gasteiger partial charge >= 0.3 is 0 Å². The average molecular weight is 427 g/mol. The average Bonchev–Trinajstić information content (AvgIpc) is 3.32. The van der Waals surface area contributed by atoms with Crippen LogP contribution in [-0.4, -0.2) is 62.2 Å². The second-order valence-corrected chi connectivity index (χ2v) is 8.89. The van der Waals surface area contributed by atoms with E-state index in [0.717, 1.165) is 10.8 Å². The Morgan fingerprint density at radius 1 is 0.933 bits per heavy atom. The van der Waals surface area contributed by atoms with Crippen molar-refractivity contribution < 1.29 is 22.4 Å². The number of carbonyl (C=O) groups is 2. The molecule has 1 aliphatic rings. The number of hydrogen-bond acceptors (Lipinski definition) is 5. The molecule has 8 nitrogen and oxygen atoms in total. The predicted molar refractivity (Wildman–Crippen MR) is 110 cm³/mol. The van der Waals surface area contributed by atoms with Gasteiger partial charge in [-0.1, -0.05) is 30.3 Å². The van der Waals surface area contributed by atoms with Crippen LogP contribution in [0.2, 0.25) is 0 Å². The van der Waals surface area contributed by atoms with Crippen molar-refractivity contribution in [2.75, 3.05) is 32.7 Å². The van der Waals surface area contributed by atoms with Gasteiger partial charge in [-0.25, -0.2) is 8.42 Å². The quantitative estimate of drug-likeness (QED) is 0.668. The topological polar surface area (TPSA) is 99.9 Å². The van der Waals surface area contributed by atoms with E-state index in [1.54, 1.807) is 29.2 Å². The van der Waals surface area contributed by atoms with Gasteiger partial charge in [0.05, 0.1) is 17.7 Å². The summed E-state index contributed by atoms with van der Waals surface area (Å²) < 4.78 is 32.4. The van der Waals surface area contributed by atoms with Crippen molar-refractivity contribution in [2.24, 2.45) is 0 Å². The SMILES string of the molecule is O=C(NCC(=O)N1CCN(S(=O)(=O)c2ccc3ccccc3c2)CC1)c1ccco1. The molecule has 30 heavy (non-hydrogen) atoms. The van der Waals surface area contributed by atoms with E-state index in [1.165, 1.54) is 16.6 Å². The molecule has 4 rings (SSSR count). The fourth-order valence-electron chi connectivity index (χ4n) is 3.42. The molecule has 1 fully saturated rings. The first kappa shape index (κ1) is 20.1. The van der Waals surface area contributed by atoms with Crippen molar-refractivity contribution in [1.29, 1.82) is 0 Å². The van der Waals surface area contributed by atoms with E-state index >= 15 is 0 Å². The summed E-state index contributed by atoms with van der Waals surface area (Å²) in [5.74, 6) is -0.599. The maximum absolute atomic E-state index is 13.0. The van der Waals surface area contributed by atoms with Crippen LogP contribution in [0.25, 0.3) is 10.8 Å². The van der Waals surface area contributed by atoms with Crippen LogP contribution < -0.4 is 5.32 Å². The minimum atomic E-state index is -3.64. The summed E-state index contributed by atoms with van der Waals surface area (Å²) in [5, 5.41) is 4.35. The molecule has 2 aromatic carbocycles. The molecule has 2 heterocycles. The minimum Gasteiger partial charge on any atom is -0.459 e. The van der Waals surface area contributed by atoms with Crippen LogP contribution in [0.15, 0.2) is 70.2 Å².